The molecule has 0 heterocycles. The van der Waals surface area contributed by atoms with E-state index in [1.807, 2.05) is 11.9 Å². The first kappa shape index (κ1) is 23.4. The van der Waals surface area contributed by atoms with Crippen molar-refractivity contribution in [3.05, 3.63) is 30.1 Å². The Labute approximate surface area is 165 Å². The smallest absolute Gasteiger partial charge is 0.239 e. The van der Waals surface area contributed by atoms with Crippen LogP contribution in [0.1, 0.15) is 0 Å². The van der Waals surface area contributed by atoms with Crippen molar-refractivity contribution in [1.82, 2.24) is 15.5 Å². The maximum atomic E-state index is 12.8. The number of hydrogen-bond donors (Lipinski definition) is 2. The molecule has 7 nitrogen and oxygen atoms in total. The summed E-state index contributed by atoms with van der Waals surface area (Å²) < 4.78 is 23.2. The van der Waals surface area contributed by atoms with Crippen molar-refractivity contribution in [2.75, 3.05) is 54.1 Å². The SMILES string of the molecule is CN=C(NCC(=O)NCCOC)N(C)CCOc1ccc(F)cc1.I. The number of ether oxygens (including phenoxy) is 2. The van der Waals surface area contributed by atoms with Crippen LogP contribution in [0.3, 0.4) is 0 Å². The number of benzene rings is 1. The molecule has 0 aliphatic carbocycles. The first-order valence-electron chi connectivity index (χ1n) is 7.62. The number of nitrogens with one attached hydrogen (secondary N) is 2. The highest BCUT2D eigenvalue weighted by molar-refractivity contribution is 14.0. The van der Waals surface area contributed by atoms with Crippen molar-refractivity contribution in [2.45, 2.75) is 0 Å². The van der Waals surface area contributed by atoms with Crippen LogP contribution < -0.4 is 15.4 Å². The minimum Gasteiger partial charge on any atom is -0.492 e. The minimum atomic E-state index is -0.298. The van der Waals surface area contributed by atoms with Gasteiger partial charge < -0.3 is 25.0 Å². The summed E-state index contributed by atoms with van der Waals surface area (Å²) in [6.45, 7) is 2.03. The molecule has 142 valence electrons. The molecule has 0 radical (unpaired) electrons. The average Bonchev–Trinajstić information content (AvgIpc) is 2.57. The van der Waals surface area contributed by atoms with Crippen LogP contribution in [0, 0.1) is 5.82 Å². The Morgan fingerprint density at radius 3 is 2.52 bits per heavy atom. The van der Waals surface area contributed by atoms with E-state index in [0.717, 1.165) is 0 Å². The van der Waals surface area contributed by atoms with Gasteiger partial charge in [0.1, 0.15) is 18.2 Å². The second-order valence-electron chi connectivity index (χ2n) is 4.97. The van der Waals surface area contributed by atoms with Gasteiger partial charge in [0.15, 0.2) is 5.96 Å². The molecule has 0 aliphatic rings. The molecular weight excluding hydrogens is 442 g/mol. The number of aliphatic imine (C=N–C) groups is 1. The number of guanidine groups is 1. The minimum absolute atomic E-state index is 0. The molecule has 0 saturated heterocycles. The van der Waals surface area contributed by atoms with E-state index in [0.29, 0.717) is 38.0 Å². The highest BCUT2D eigenvalue weighted by Gasteiger charge is 2.08. The van der Waals surface area contributed by atoms with E-state index in [-0.39, 0.29) is 42.2 Å². The monoisotopic (exact) mass is 468 g/mol. The fourth-order valence-electron chi connectivity index (χ4n) is 1.84. The van der Waals surface area contributed by atoms with E-state index in [1.165, 1.54) is 12.1 Å². The normalized spacial score (nSPS) is 10.6. The van der Waals surface area contributed by atoms with Gasteiger partial charge in [0.05, 0.1) is 19.7 Å². The topological polar surface area (TPSA) is 75.2 Å². The molecule has 2 N–H and O–H groups in total. The summed E-state index contributed by atoms with van der Waals surface area (Å²) >= 11 is 0. The zero-order valence-corrected chi connectivity index (χ0v) is 17.1. The highest BCUT2D eigenvalue weighted by Crippen LogP contribution is 2.10. The number of amides is 1. The maximum Gasteiger partial charge on any atom is 0.239 e. The van der Waals surface area contributed by atoms with Crippen LogP contribution in [0.15, 0.2) is 29.3 Å². The lowest BCUT2D eigenvalue weighted by atomic mass is 10.3. The fourth-order valence-corrected chi connectivity index (χ4v) is 1.84. The zero-order valence-electron chi connectivity index (χ0n) is 14.8. The third kappa shape index (κ3) is 10.1. The van der Waals surface area contributed by atoms with Gasteiger partial charge in [-0.3, -0.25) is 9.79 Å². The summed E-state index contributed by atoms with van der Waals surface area (Å²) in [6, 6.07) is 5.85. The third-order valence-electron chi connectivity index (χ3n) is 3.12. The summed E-state index contributed by atoms with van der Waals surface area (Å²) in [5.41, 5.74) is 0. The maximum absolute atomic E-state index is 12.8. The molecule has 0 aromatic heterocycles. The molecule has 0 atom stereocenters. The van der Waals surface area contributed by atoms with Crippen LogP contribution in [0.5, 0.6) is 5.75 Å². The van der Waals surface area contributed by atoms with Crippen molar-refractivity contribution < 1.29 is 18.7 Å². The van der Waals surface area contributed by atoms with Crippen molar-refractivity contribution in [1.29, 1.82) is 0 Å². The third-order valence-corrected chi connectivity index (χ3v) is 3.12. The van der Waals surface area contributed by atoms with E-state index in [9.17, 15) is 9.18 Å². The highest BCUT2D eigenvalue weighted by atomic mass is 127. The molecule has 9 heteroatoms. The molecule has 0 aliphatic heterocycles. The van der Waals surface area contributed by atoms with Gasteiger partial charge in [0.25, 0.3) is 0 Å². The standard InChI is InChI=1S/C16H25FN4O3.HI/c1-18-16(20-12-15(22)19-8-10-23-3)21(2)9-11-24-14-6-4-13(17)5-7-14;/h4-7H,8-12H2,1-3H3,(H,18,20)(H,19,22);1H. The summed E-state index contributed by atoms with van der Waals surface area (Å²) in [5.74, 6) is 0.752. The van der Waals surface area contributed by atoms with Crippen molar-refractivity contribution in [3.8, 4) is 5.75 Å². The Kier molecular flexibility index (Phi) is 12.8. The van der Waals surface area contributed by atoms with Gasteiger partial charge in [-0.2, -0.15) is 0 Å². The van der Waals surface area contributed by atoms with Gasteiger partial charge in [-0.15, -0.1) is 24.0 Å². The van der Waals surface area contributed by atoms with Gasteiger partial charge in [0, 0.05) is 27.7 Å². The Morgan fingerprint density at radius 1 is 1.24 bits per heavy atom. The molecule has 1 aromatic rings. The Balaban J connectivity index is 0.00000576. The molecule has 0 unspecified atom stereocenters. The molecule has 25 heavy (non-hydrogen) atoms. The summed E-state index contributed by atoms with van der Waals surface area (Å²) in [5, 5.41) is 5.69. The second-order valence-corrected chi connectivity index (χ2v) is 4.97. The van der Waals surface area contributed by atoms with Crippen LogP contribution in [-0.2, 0) is 9.53 Å². The lowest BCUT2D eigenvalue weighted by molar-refractivity contribution is -0.120. The number of carbonyl (C=O) groups excluding carboxylic acids is 1. The molecule has 0 bridgehead atoms. The Morgan fingerprint density at radius 2 is 1.92 bits per heavy atom. The predicted molar refractivity (Wildman–Crippen MR) is 106 cm³/mol. The quantitative estimate of drug-likeness (QED) is 0.246. The van der Waals surface area contributed by atoms with E-state index in [4.69, 9.17) is 9.47 Å². The summed E-state index contributed by atoms with van der Waals surface area (Å²) in [6.07, 6.45) is 0. The fraction of sp³-hybridized carbons (Fsp3) is 0.500. The average molecular weight is 468 g/mol. The van der Waals surface area contributed by atoms with Crippen molar-refractivity contribution in [2.24, 2.45) is 4.99 Å². The molecule has 1 amide bonds. The van der Waals surface area contributed by atoms with Gasteiger partial charge in [0.2, 0.25) is 5.91 Å². The molecule has 1 rings (SSSR count). The first-order chi connectivity index (χ1) is 11.6. The lowest BCUT2D eigenvalue weighted by Crippen LogP contribution is -2.45. The molecular formula is C16H26FIN4O3. The molecule has 0 saturated carbocycles. The number of nitrogens with zero attached hydrogens (tertiary/aromatic N) is 2. The van der Waals surface area contributed by atoms with Crippen LogP contribution >= 0.6 is 24.0 Å². The van der Waals surface area contributed by atoms with Crippen LogP contribution in [0.4, 0.5) is 4.39 Å². The number of hydrogen-bond acceptors (Lipinski definition) is 4. The van der Waals surface area contributed by atoms with Gasteiger partial charge >= 0.3 is 0 Å². The van der Waals surface area contributed by atoms with Crippen LogP contribution in [-0.4, -0.2) is 70.8 Å². The van der Waals surface area contributed by atoms with E-state index >= 15 is 0 Å². The molecule has 1 aromatic carbocycles. The Hall–Kier alpha value is -1.62. The van der Waals surface area contributed by atoms with Crippen molar-refractivity contribution in [3.63, 3.8) is 0 Å². The van der Waals surface area contributed by atoms with Crippen molar-refractivity contribution >= 4 is 35.8 Å². The lowest BCUT2D eigenvalue weighted by Gasteiger charge is -2.22. The van der Waals surface area contributed by atoms with Crippen LogP contribution in [0.25, 0.3) is 0 Å². The largest absolute Gasteiger partial charge is 0.492 e. The van der Waals surface area contributed by atoms with Crippen LogP contribution in [0.2, 0.25) is 0 Å². The Bertz CT molecular complexity index is 529. The van der Waals surface area contributed by atoms with Gasteiger partial charge in [-0.05, 0) is 24.3 Å². The number of methoxy groups -OCH3 is 1. The summed E-state index contributed by atoms with van der Waals surface area (Å²) in [4.78, 5) is 17.6. The number of likely N-dealkylation sites (N-methyl/N-ethyl adjacent to an activating group) is 1. The molecule has 0 fully saturated rings. The zero-order chi connectivity index (χ0) is 17.8. The second kappa shape index (κ2) is 13.6. The van der Waals surface area contributed by atoms with E-state index < -0.39 is 0 Å². The number of halogens is 2. The summed E-state index contributed by atoms with van der Waals surface area (Å²) in [7, 11) is 5.06. The number of carbonyl (C=O) groups is 1. The van der Waals surface area contributed by atoms with E-state index in [2.05, 4.69) is 15.6 Å². The predicted octanol–water partition coefficient (Wildman–Crippen LogP) is 1.09. The first-order valence-corrected chi connectivity index (χ1v) is 7.62. The molecule has 0 spiro atoms. The van der Waals surface area contributed by atoms with E-state index in [1.54, 1.807) is 26.3 Å². The van der Waals surface area contributed by atoms with Gasteiger partial charge in [-0.1, -0.05) is 0 Å². The van der Waals surface area contributed by atoms with Gasteiger partial charge in [-0.25, -0.2) is 4.39 Å². The number of rotatable bonds is 9.